The van der Waals surface area contributed by atoms with Crippen molar-refractivity contribution in [3.63, 3.8) is 0 Å². The summed E-state index contributed by atoms with van der Waals surface area (Å²) in [5.74, 6) is -0.596. The largest absolute Gasteiger partial charge is 0.444 e. The number of amides is 3. The molecular weight excluding hydrogens is 454 g/mol. The number of carbonyl (C=O) groups is 3. The Labute approximate surface area is 217 Å². The topological polar surface area (TPSA) is 87.7 Å². The van der Waals surface area contributed by atoms with Gasteiger partial charge in [-0.1, -0.05) is 44.0 Å². The molecule has 3 atom stereocenters. The first kappa shape index (κ1) is 29.7. The molecule has 1 aromatic rings. The number of ether oxygens (including phenoxy) is 1. The highest BCUT2D eigenvalue weighted by molar-refractivity contribution is 5.93. The van der Waals surface area contributed by atoms with Gasteiger partial charge in [-0.2, -0.15) is 0 Å². The second-order valence-electron chi connectivity index (χ2n) is 12.3. The summed E-state index contributed by atoms with van der Waals surface area (Å²) >= 11 is 0. The van der Waals surface area contributed by atoms with E-state index in [1.807, 2.05) is 66.7 Å². The van der Waals surface area contributed by atoms with Crippen LogP contribution >= 0.6 is 0 Å². The van der Waals surface area contributed by atoms with Gasteiger partial charge in [-0.15, -0.1) is 0 Å². The van der Waals surface area contributed by atoms with E-state index in [-0.39, 0.29) is 23.8 Å². The molecule has 7 nitrogen and oxygen atoms in total. The summed E-state index contributed by atoms with van der Waals surface area (Å²) in [4.78, 5) is 42.6. The molecular formula is C29H47N3O4. The Hall–Kier alpha value is -2.57. The maximum absolute atomic E-state index is 14.3. The number of nitrogens with zero attached hydrogens (tertiary/aromatic N) is 1. The van der Waals surface area contributed by atoms with Gasteiger partial charge in [-0.25, -0.2) is 4.79 Å². The lowest BCUT2D eigenvalue weighted by molar-refractivity contribution is -0.149. The number of hydrogen-bond acceptors (Lipinski definition) is 4. The van der Waals surface area contributed by atoms with Crippen LogP contribution in [0.25, 0.3) is 0 Å². The third-order valence-electron chi connectivity index (χ3n) is 6.62. The maximum Gasteiger partial charge on any atom is 0.408 e. The highest BCUT2D eigenvalue weighted by Crippen LogP contribution is 2.36. The van der Waals surface area contributed by atoms with Crippen LogP contribution in [0.15, 0.2) is 18.2 Å². The first-order valence-corrected chi connectivity index (χ1v) is 13.2. The van der Waals surface area contributed by atoms with Crippen molar-refractivity contribution in [3.8, 4) is 0 Å². The van der Waals surface area contributed by atoms with Crippen LogP contribution in [-0.2, 0) is 14.3 Å². The lowest BCUT2D eigenvalue weighted by Crippen LogP contribution is -2.60. The van der Waals surface area contributed by atoms with Crippen LogP contribution in [0, 0.1) is 19.8 Å². The van der Waals surface area contributed by atoms with Gasteiger partial charge in [0.15, 0.2) is 0 Å². The average molecular weight is 502 g/mol. The quantitative estimate of drug-likeness (QED) is 0.487. The molecule has 3 amide bonds. The van der Waals surface area contributed by atoms with Gasteiger partial charge in [0, 0.05) is 11.6 Å². The second-order valence-corrected chi connectivity index (χ2v) is 12.3. The molecule has 2 rings (SSSR count). The Bertz CT molecular complexity index is 941. The molecule has 0 bridgehead atoms. The minimum Gasteiger partial charge on any atom is -0.444 e. The van der Waals surface area contributed by atoms with Crippen LogP contribution in [0.5, 0.6) is 0 Å². The number of nitrogens with one attached hydrogen (secondary N) is 2. The van der Waals surface area contributed by atoms with E-state index >= 15 is 0 Å². The van der Waals surface area contributed by atoms with Crippen LogP contribution in [0.1, 0.15) is 104 Å². The minimum atomic E-state index is -0.804. The van der Waals surface area contributed by atoms with E-state index in [9.17, 15) is 14.4 Å². The Morgan fingerprint density at radius 2 is 1.69 bits per heavy atom. The molecule has 1 aliphatic carbocycles. The van der Waals surface area contributed by atoms with Crippen molar-refractivity contribution >= 4 is 17.9 Å². The molecule has 2 N–H and O–H groups in total. The lowest BCUT2D eigenvalue weighted by Gasteiger charge is -2.45. The van der Waals surface area contributed by atoms with Gasteiger partial charge >= 0.3 is 6.09 Å². The van der Waals surface area contributed by atoms with E-state index in [0.29, 0.717) is 6.42 Å². The zero-order valence-corrected chi connectivity index (χ0v) is 24.0. The van der Waals surface area contributed by atoms with Crippen LogP contribution in [0.4, 0.5) is 4.79 Å². The van der Waals surface area contributed by atoms with Crippen molar-refractivity contribution in [1.29, 1.82) is 0 Å². The van der Waals surface area contributed by atoms with Gasteiger partial charge < -0.3 is 20.3 Å². The van der Waals surface area contributed by atoms with Crippen molar-refractivity contribution < 1.29 is 19.1 Å². The van der Waals surface area contributed by atoms with E-state index < -0.39 is 29.3 Å². The maximum atomic E-state index is 14.3. The summed E-state index contributed by atoms with van der Waals surface area (Å²) in [5, 5.41) is 5.95. The Morgan fingerprint density at radius 1 is 1.08 bits per heavy atom. The highest BCUT2D eigenvalue weighted by atomic mass is 16.6. The fourth-order valence-electron chi connectivity index (χ4n) is 4.45. The van der Waals surface area contributed by atoms with Crippen molar-refractivity contribution in [1.82, 2.24) is 15.5 Å². The first-order chi connectivity index (χ1) is 16.5. The molecule has 0 radical (unpaired) electrons. The molecule has 1 aromatic carbocycles. The Morgan fingerprint density at radius 3 is 2.14 bits per heavy atom. The first-order valence-electron chi connectivity index (χ1n) is 13.2. The van der Waals surface area contributed by atoms with Crippen molar-refractivity contribution in [2.75, 3.05) is 0 Å². The Kier molecular flexibility index (Phi) is 9.60. The fraction of sp³-hybridized carbons (Fsp3) is 0.690. The van der Waals surface area contributed by atoms with E-state index in [4.69, 9.17) is 4.74 Å². The number of alkyl carbamates (subject to hydrolysis) is 1. The number of benzene rings is 1. The number of aryl methyl sites for hydroxylation is 2. The predicted octanol–water partition coefficient (Wildman–Crippen LogP) is 5.58. The van der Waals surface area contributed by atoms with Gasteiger partial charge in [0.2, 0.25) is 11.8 Å². The van der Waals surface area contributed by atoms with Gasteiger partial charge in [0.1, 0.15) is 17.7 Å². The molecule has 36 heavy (non-hydrogen) atoms. The highest BCUT2D eigenvalue weighted by Gasteiger charge is 2.44. The van der Waals surface area contributed by atoms with E-state index in [2.05, 4.69) is 10.6 Å². The lowest BCUT2D eigenvalue weighted by atomic mass is 9.85. The van der Waals surface area contributed by atoms with Crippen molar-refractivity contribution in [2.45, 2.75) is 124 Å². The summed E-state index contributed by atoms with van der Waals surface area (Å²) in [7, 11) is 0. The monoisotopic (exact) mass is 501 g/mol. The SMILES string of the molecule is CCC(C)C(NC(=O)OC(C)(C)C)C(=O)N(C1CCC1)C(C(=O)NC(C)(C)C)c1ccc(C)cc1C. The molecule has 1 fully saturated rings. The molecule has 7 heteroatoms. The molecule has 0 spiro atoms. The molecule has 0 aromatic heterocycles. The van der Waals surface area contributed by atoms with Crippen LogP contribution < -0.4 is 10.6 Å². The fourth-order valence-corrected chi connectivity index (χ4v) is 4.45. The molecule has 0 heterocycles. The van der Waals surface area contributed by atoms with Gasteiger partial charge in [-0.3, -0.25) is 9.59 Å². The Balaban J connectivity index is 2.58. The second kappa shape index (κ2) is 11.7. The van der Waals surface area contributed by atoms with Crippen LogP contribution in [0.3, 0.4) is 0 Å². The molecule has 1 aliphatic rings. The van der Waals surface area contributed by atoms with Crippen LogP contribution in [0.2, 0.25) is 0 Å². The third-order valence-corrected chi connectivity index (χ3v) is 6.62. The van der Waals surface area contributed by atoms with Crippen molar-refractivity contribution in [3.05, 3.63) is 34.9 Å². The molecule has 3 unspecified atom stereocenters. The molecule has 0 aliphatic heterocycles. The number of hydrogen-bond donors (Lipinski definition) is 2. The van der Waals surface area contributed by atoms with Gasteiger partial charge in [0.25, 0.3) is 0 Å². The standard InChI is InChI=1S/C29H47N3O4/c1-11-19(3)23(30-27(35)36-29(8,9)10)26(34)32(21-13-12-14-21)24(25(33)31-28(5,6)7)22-16-15-18(2)17-20(22)4/h15-17,19,21,23-24H,11-14H2,1-10H3,(H,30,35)(H,31,33). The van der Waals surface area contributed by atoms with Crippen LogP contribution in [-0.4, -0.2) is 46.0 Å². The zero-order valence-electron chi connectivity index (χ0n) is 24.0. The van der Waals surface area contributed by atoms with Gasteiger partial charge in [-0.05, 0) is 91.7 Å². The third kappa shape index (κ3) is 7.97. The zero-order chi connectivity index (χ0) is 27.4. The van der Waals surface area contributed by atoms with E-state index in [1.165, 1.54) is 0 Å². The summed E-state index contributed by atoms with van der Waals surface area (Å²) in [6.45, 7) is 19.1. The summed E-state index contributed by atoms with van der Waals surface area (Å²) in [6, 6.07) is 4.31. The molecule has 1 saturated carbocycles. The summed E-state index contributed by atoms with van der Waals surface area (Å²) < 4.78 is 5.48. The average Bonchev–Trinajstić information content (AvgIpc) is 2.67. The smallest absolute Gasteiger partial charge is 0.408 e. The summed E-state index contributed by atoms with van der Waals surface area (Å²) in [6.07, 6.45) is 2.72. The summed E-state index contributed by atoms with van der Waals surface area (Å²) in [5.41, 5.74) is 1.71. The predicted molar refractivity (Wildman–Crippen MR) is 144 cm³/mol. The normalized spacial score (nSPS) is 16.8. The van der Waals surface area contributed by atoms with Gasteiger partial charge in [0.05, 0.1) is 0 Å². The molecule has 202 valence electrons. The van der Waals surface area contributed by atoms with E-state index in [0.717, 1.165) is 36.0 Å². The minimum absolute atomic E-state index is 0.0686. The van der Waals surface area contributed by atoms with Crippen molar-refractivity contribution in [2.24, 2.45) is 5.92 Å². The molecule has 0 saturated heterocycles. The number of carbonyl (C=O) groups excluding carboxylic acids is 3. The number of rotatable bonds is 8. The van der Waals surface area contributed by atoms with E-state index in [1.54, 1.807) is 25.7 Å².